The second-order valence-corrected chi connectivity index (χ2v) is 6.63. The quantitative estimate of drug-likeness (QED) is 0.656. The van der Waals surface area contributed by atoms with Crippen LogP contribution in [0.2, 0.25) is 0 Å². The fraction of sp³-hybridized carbons (Fsp3) is 0.200. The van der Waals surface area contributed by atoms with Gasteiger partial charge in [-0.15, -0.1) is 16.4 Å². The Morgan fingerprint density at radius 2 is 2.12 bits per heavy atom. The SMILES string of the molecule is COc1ccc(-c2nc(SCC(=O)Nc3nc(C)cs3)n[nH]2)cc1. The Bertz CT molecular complexity index is 829. The number of carbonyl (C=O) groups excluding carboxylic acids is 1. The van der Waals surface area contributed by atoms with Gasteiger partial charge >= 0.3 is 0 Å². The van der Waals surface area contributed by atoms with Crippen molar-refractivity contribution in [2.75, 3.05) is 18.2 Å². The molecule has 0 aliphatic carbocycles. The molecule has 2 N–H and O–H groups in total. The number of benzene rings is 1. The number of H-pyrrole nitrogens is 1. The second-order valence-electron chi connectivity index (χ2n) is 4.83. The molecule has 124 valence electrons. The Labute approximate surface area is 146 Å². The van der Waals surface area contributed by atoms with E-state index in [4.69, 9.17) is 4.74 Å². The lowest BCUT2D eigenvalue weighted by molar-refractivity contribution is -0.113. The van der Waals surface area contributed by atoms with Crippen LogP contribution in [0.25, 0.3) is 11.4 Å². The minimum Gasteiger partial charge on any atom is -0.497 e. The van der Waals surface area contributed by atoms with Gasteiger partial charge in [-0.05, 0) is 31.2 Å². The van der Waals surface area contributed by atoms with Gasteiger partial charge in [0.05, 0.1) is 18.6 Å². The number of anilines is 1. The Kier molecular flexibility index (Phi) is 5.11. The van der Waals surface area contributed by atoms with Crippen molar-refractivity contribution in [3.63, 3.8) is 0 Å². The highest BCUT2D eigenvalue weighted by atomic mass is 32.2. The van der Waals surface area contributed by atoms with Crippen molar-refractivity contribution in [2.24, 2.45) is 0 Å². The number of rotatable bonds is 6. The monoisotopic (exact) mass is 361 g/mol. The van der Waals surface area contributed by atoms with Crippen LogP contribution in [-0.4, -0.2) is 38.9 Å². The molecule has 0 radical (unpaired) electrons. The molecule has 24 heavy (non-hydrogen) atoms. The van der Waals surface area contributed by atoms with E-state index in [1.807, 2.05) is 36.6 Å². The first-order valence-corrected chi connectivity index (χ1v) is 8.92. The van der Waals surface area contributed by atoms with Crippen LogP contribution in [0.4, 0.5) is 5.13 Å². The molecule has 9 heteroatoms. The molecule has 0 aliphatic heterocycles. The molecule has 1 aromatic carbocycles. The summed E-state index contributed by atoms with van der Waals surface area (Å²) in [4.78, 5) is 20.5. The first-order chi connectivity index (χ1) is 11.6. The third kappa shape index (κ3) is 4.12. The number of thioether (sulfide) groups is 1. The van der Waals surface area contributed by atoms with Gasteiger partial charge in [0.1, 0.15) is 5.75 Å². The maximum Gasteiger partial charge on any atom is 0.236 e. The van der Waals surface area contributed by atoms with Gasteiger partial charge in [0.15, 0.2) is 11.0 Å². The van der Waals surface area contributed by atoms with Crippen LogP contribution in [0, 0.1) is 6.92 Å². The number of nitrogens with zero attached hydrogens (tertiary/aromatic N) is 3. The van der Waals surface area contributed by atoms with E-state index >= 15 is 0 Å². The first kappa shape index (κ1) is 16.5. The predicted molar refractivity (Wildman–Crippen MR) is 94.6 cm³/mol. The topological polar surface area (TPSA) is 92.8 Å². The summed E-state index contributed by atoms with van der Waals surface area (Å²) in [6, 6.07) is 7.50. The van der Waals surface area contributed by atoms with Gasteiger partial charge in [-0.3, -0.25) is 9.89 Å². The Hall–Kier alpha value is -2.39. The normalized spacial score (nSPS) is 10.6. The number of hydrogen-bond acceptors (Lipinski definition) is 7. The zero-order valence-corrected chi connectivity index (χ0v) is 14.7. The van der Waals surface area contributed by atoms with E-state index in [9.17, 15) is 4.79 Å². The number of ether oxygens (including phenoxy) is 1. The third-order valence-electron chi connectivity index (χ3n) is 3.03. The molecule has 3 aromatic rings. The highest BCUT2D eigenvalue weighted by Gasteiger charge is 2.10. The molecule has 0 spiro atoms. The van der Waals surface area contributed by atoms with Crippen molar-refractivity contribution in [3.8, 4) is 17.1 Å². The molecule has 7 nitrogen and oxygen atoms in total. The number of carbonyl (C=O) groups is 1. The molecule has 0 unspecified atom stereocenters. The number of aryl methyl sites for hydroxylation is 1. The zero-order chi connectivity index (χ0) is 16.9. The van der Waals surface area contributed by atoms with Gasteiger partial charge in [0.2, 0.25) is 11.1 Å². The van der Waals surface area contributed by atoms with Crippen LogP contribution < -0.4 is 10.1 Å². The number of nitrogens with one attached hydrogen (secondary N) is 2. The minimum atomic E-state index is -0.134. The summed E-state index contributed by atoms with van der Waals surface area (Å²) in [6.45, 7) is 1.88. The fourth-order valence-corrected chi connectivity index (χ4v) is 3.19. The molecule has 2 aromatic heterocycles. The number of hydrogen-bond donors (Lipinski definition) is 2. The van der Waals surface area contributed by atoms with Crippen molar-refractivity contribution >= 4 is 34.1 Å². The summed E-state index contributed by atoms with van der Waals surface area (Å²) < 4.78 is 5.13. The molecule has 0 saturated heterocycles. The molecule has 0 bridgehead atoms. The summed E-state index contributed by atoms with van der Waals surface area (Å²) in [5.74, 6) is 1.52. The maximum atomic E-state index is 11.9. The number of aromatic nitrogens is 4. The maximum absolute atomic E-state index is 11.9. The summed E-state index contributed by atoms with van der Waals surface area (Å²) in [6.07, 6.45) is 0. The van der Waals surface area contributed by atoms with Crippen LogP contribution in [0.5, 0.6) is 5.75 Å². The highest BCUT2D eigenvalue weighted by Crippen LogP contribution is 2.22. The number of aromatic amines is 1. The van der Waals surface area contributed by atoms with E-state index < -0.39 is 0 Å². The Morgan fingerprint density at radius 1 is 1.33 bits per heavy atom. The Balaban J connectivity index is 1.56. The van der Waals surface area contributed by atoms with Gasteiger partial charge in [0.25, 0.3) is 0 Å². The summed E-state index contributed by atoms with van der Waals surface area (Å²) in [5.41, 5.74) is 1.79. The lowest BCUT2D eigenvalue weighted by Crippen LogP contribution is -2.13. The van der Waals surface area contributed by atoms with E-state index in [1.54, 1.807) is 7.11 Å². The third-order valence-corrected chi connectivity index (χ3v) is 4.75. The molecular weight excluding hydrogens is 346 g/mol. The van der Waals surface area contributed by atoms with Gasteiger partial charge in [-0.25, -0.2) is 9.97 Å². The molecule has 0 aliphatic rings. The molecule has 1 amide bonds. The van der Waals surface area contributed by atoms with Crippen LogP contribution >= 0.6 is 23.1 Å². The van der Waals surface area contributed by atoms with Gasteiger partial charge in [-0.2, -0.15) is 0 Å². The molecule has 0 saturated carbocycles. The molecule has 0 fully saturated rings. The minimum absolute atomic E-state index is 0.134. The molecular formula is C15H15N5O2S2. The smallest absolute Gasteiger partial charge is 0.236 e. The number of methoxy groups -OCH3 is 1. The van der Waals surface area contributed by atoms with Gasteiger partial charge in [-0.1, -0.05) is 11.8 Å². The number of amides is 1. The van der Waals surface area contributed by atoms with Crippen LogP contribution in [-0.2, 0) is 4.79 Å². The zero-order valence-electron chi connectivity index (χ0n) is 13.1. The van der Waals surface area contributed by atoms with Crippen molar-refractivity contribution in [2.45, 2.75) is 12.1 Å². The van der Waals surface area contributed by atoms with E-state index in [0.29, 0.717) is 16.1 Å². The van der Waals surface area contributed by atoms with Gasteiger partial charge < -0.3 is 10.1 Å². The fourth-order valence-electron chi connectivity index (χ4n) is 1.89. The summed E-state index contributed by atoms with van der Waals surface area (Å²) in [7, 11) is 1.62. The molecule has 2 heterocycles. The predicted octanol–water partition coefficient (Wildman–Crippen LogP) is 2.98. The Morgan fingerprint density at radius 3 is 2.79 bits per heavy atom. The van der Waals surface area contributed by atoms with E-state index in [0.717, 1.165) is 17.0 Å². The lowest BCUT2D eigenvalue weighted by Gasteiger charge is -2.00. The van der Waals surface area contributed by atoms with E-state index in [2.05, 4.69) is 25.5 Å². The van der Waals surface area contributed by atoms with Crippen LogP contribution in [0.1, 0.15) is 5.69 Å². The second kappa shape index (κ2) is 7.45. The number of thiazole rings is 1. The van der Waals surface area contributed by atoms with Crippen LogP contribution in [0.15, 0.2) is 34.8 Å². The summed E-state index contributed by atoms with van der Waals surface area (Å²) in [5, 5.41) is 12.8. The molecule has 3 rings (SSSR count). The van der Waals surface area contributed by atoms with Crippen molar-refractivity contribution in [1.82, 2.24) is 20.2 Å². The van der Waals surface area contributed by atoms with Crippen LogP contribution in [0.3, 0.4) is 0 Å². The largest absolute Gasteiger partial charge is 0.497 e. The standard InChI is InChI=1S/C15H15N5O2S2/c1-9-7-23-14(16-9)17-12(21)8-24-15-18-13(19-20-15)10-3-5-11(22-2)6-4-10/h3-7H,8H2,1-2H3,(H,16,17,21)(H,18,19,20). The average Bonchev–Trinajstić information content (AvgIpc) is 3.22. The first-order valence-electron chi connectivity index (χ1n) is 7.05. The van der Waals surface area contributed by atoms with Crippen molar-refractivity contribution in [1.29, 1.82) is 0 Å². The van der Waals surface area contributed by atoms with E-state index in [-0.39, 0.29) is 11.7 Å². The lowest BCUT2D eigenvalue weighted by atomic mass is 10.2. The summed E-state index contributed by atoms with van der Waals surface area (Å²) >= 11 is 2.67. The molecule has 0 atom stereocenters. The van der Waals surface area contributed by atoms with E-state index in [1.165, 1.54) is 23.1 Å². The average molecular weight is 361 g/mol. The highest BCUT2D eigenvalue weighted by molar-refractivity contribution is 7.99. The van der Waals surface area contributed by atoms with Crippen molar-refractivity contribution < 1.29 is 9.53 Å². The van der Waals surface area contributed by atoms with Gasteiger partial charge in [0, 0.05) is 10.9 Å². The van der Waals surface area contributed by atoms with Crippen molar-refractivity contribution in [3.05, 3.63) is 35.3 Å².